The van der Waals surface area contributed by atoms with Crippen molar-refractivity contribution in [3.8, 4) is 0 Å². The first-order valence-electron chi connectivity index (χ1n) is 5.82. The maximum absolute atomic E-state index is 13.8. The third-order valence-corrected chi connectivity index (χ3v) is 3.30. The Morgan fingerprint density at radius 2 is 2.11 bits per heavy atom. The standard InChI is InChI=1S/C14H13ClF2N2/c1-18-14(6-9-4-5-19-8-12(9)15)11-7-10(16)2-3-13(11)17/h2-5,7-8,14,18H,6H2,1H3. The van der Waals surface area contributed by atoms with Gasteiger partial charge in [-0.2, -0.15) is 0 Å². The largest absolute Gasteiger partial charge is 0.313 e. The topological polar surface area (TPSA) is 24.9 Å². The Kier molecular flexibility index (Phi) is 4.45. The Hall–Kier alpha value is -1.52. The van der Waals surface area contributed by atoms with Gasteiger partial charge in [-0.3, -0.25) is 4.98 Å². The summed E-state index contributed by atoms with van der Waals surface area (Å²) < 4.78 is 27.0. The van der Waals surface area contributed by atoms with E-state index in [2.05, 4.69) is 10.3 Å². The summed E-state index contributed by atoms with van der Waals surface area (Å²) >= 11 is 6.03. The number of aromatic nitrogens is 1. The van der Waals surface area contributed by atoms with E-state index in [-0.39, 0.29) is 11.6 Å². The van der Waals surface area contributed by atoms with Crippen LogP contribution in [0.3, 0.4) is 0 Å². The molecule has 0 fully saturated rings. The number of nitrogens with zero attached hydrogens (tertiary/aromatic N) is 1. The summed E-state index contributed by atoms with van der Waals surface area (Å²) in [7, 11) is 1.70. The highest BCUT2D eigenvalue weighted by Gasteiger charge is 2.16. The second-order valence-corrected chi connectivity index (χ2v) is 4.59. The monoisotopic (exact) mass is 282 g/mol. The van der Waals surface area contributed by atoms with Crippen LogP contribution in [0, 0.1) is 11.6 Å². The number of hydrogen-bond acceptors (Lipinski definition) is 2. The molecule has 1 N–H and O–H groups in total. The van der Waals surface area contributed by atoms with E-state index in [0.29, 0.717) is 11.4 Å². The molecule has 1 aromatic heterocycles. The van der Waals surface area contributed by atoms with E-state index in [1.165, 1.54) is 12.3 Å². The molecule has 100 valence electrons. The average molecular weight is 283 g/mol. The van der Waals surface area contributed by atoms with E-state index < -0.39 is 11.6 Å². The van der Waals surface area contributed by atoms with Gasteiger partial charge in [0, 0.05) is 24.0 Å². The SMILES string of the molecule is CNC(Cc1ccncc1Cl)c1cc(F)ccc1F. The Labute approximate surface area is 115 Å². The number of pyridine rings is 1. The van der Waals surface area contributed by atoms with E-state index in [4.69, 9.17) is 11.6 Å². The van der Waals surface area contributed by atoms with Crippen LogP contribution in [0.25, 0.3) is 0 Å². The van der Waals surface area contributed by atoms with Gasteiger partial charge in [0.05, 0.1) is 5.02 Å². The van der Waals surface area contributed by atoms with Gasteiger partial charge in [0.1, 0.15) is 11.6 Å². The highest BCUT2D eigenvalue weighted by molar-refractivity contribution is 6.31. The minimum absolute atomic E-state index is 0.287. The first-order chi connectivity index (χ1) is 9.11. The summed E-state index contributed by atoms with van der Waals surface area (Å²) in [6.07, 6.45) is 3.61. The van der Waals surface area contributed by atoms with Crippen LogP contribution in [0.5, 0.6) is 0 Å². The molecule has 0 bridgehead atoms. The first-order valence-corrected chi connectivity index (χ1v) is 6.20. The molecule has 0 aliphatic heterocycles. The van der Waals surface area contributed by atoms with Gasteiger partial charge in [-0.05, 0) is 43.3 Å². The molecule has 1 heterocycles. The van der Waals surface area contributed by atoms with Gasteiger partial charge in [0.25, 0.3) is 0 Å². The van der Waals surface area contributed by atoms with Crippen LogP contribution in [0.4, 0.5) is 8.78 Å². The zero-order chi connectivity index (χ0) is 13.8. The van der Waals surface area contributed by atoms with E-state index in [1.807, 2.05) is 0 Å². The summed E-state index contributed by atoms with van der Waals surface area (Å²) in [6.45, 7) is 0. The molecule has 1 aromatic carbocycles. The molecule has 2 rings (SSSR count). The maximum atomic E-state index is 13.8. The van der Waals surface area contributed by atoms with Gasteiger partial charge in [-0.25, -0.2) is 8.78 Å². The predicted octanol–water partition coefficient (Wildman–Crippen LogP) is 3.52. The van der Waals surface area contributed by atoms with Crippen LogP contribution in [0.15, 0.2) is 36.7 Å². The maximum Gasteiger partial charge on any atom is 0.128 e. The zero-order valence-corrected chi connectivity index (χ0v) is 11.1. The van der Waals surface area contributed by atoms with Crippen LogP contribution < -0.4 is 5.32 Å². The first kappa shape index (κ1) is 13.9. The van der Waals surface area contributed by atoms with Crippen LogP contribution in [0.1, 0.15) is 17.2 Å². The van der Waals surface area contributed by atoms with Crippen LogP contribution in [-0.4, -0.2) is 12.0 Å². The number of rotatable bonds is 4. The zero-order valence-electron chi connectivity index (χ0n) is 10.3. The van der Waals surface area contributed by atoms with Crippen molar-refractivity contribution in [2.24, 2.45) is 0 Å². The molecule has 0 saturated heterocycles. The van der Waals surface area contributed by atoms with Crippen molar-refractivity contribution in [2.75, 3.05) is 7.05 Å². The predicted molar refractivity (Wildman–Crippen MR) is 71.1 cm³/mol. The second kappa shape index (κ2) is 6.08. The molecule has 0 spiro atoms. The lowest BCUT2D eigenvalue weighted by Gasteiger charge is -2.18. The summed E-state index contributed by atoms with van der Waals surface area (Å²) in [5, 5.41) is 3.49. The van der Waals surface area contributed by atoms with Crippen molar-refractivity contribution in [3.63, 3.8) is 0 Å². The highest BCUT2D eigenvalue weighted by atomic mass is 35.5. The van der Waals surface area contributed by atoms with Crippen molar-refractivity contribution in [1.29, 1.82) is 0 Å². The van der Waals surface area contributed by atoms with Crippen molar-refractivity contribution in [1.82, 2.24) is 10.3 Å². The highest BCUT2D eigenvalue weighted by Crippen LogP contribution is 2.25. The molecule has 1 unspecified atom stereocenters. The van der Waals surface area contributed by atoms with Crippen LogP contribution in [-0.2, 0) is 6.42 Å². The van der Waals surface area contributed by atoms with Crippen LogP contribution >= 0.6 is 11.6 Å². The summed E-state index contributed by atoms with van der Waals surface area (Å²) in [6, 6.07) is 4.85. The fourth-order valence-electron chi connectivity index (χ4n) is 1.94. The normalized spacial score (nSPS) is 12.4. The minimum atomic E-state index is -0.461. The average Bonchev–Trinajstić information content (AvgIpc) is 2.41. The fourth-order valence-corrected chi connectivity index (χ4v) is 2.14. The molecule has 0 radical (unpaired) electrons. The van der Waals surface area contributed by atoms with E-state index in [0.717, 1.165) is 17.7 Å². The molecular weight excluding hydrogens is 270 g/mol. The van der Waals surface area contributed by atoms with Gasteiger partial charge < -0.3 is 5.32 Å². The van der Waals surface area contributed by atoms with Gasteiger partial charge in [-0.1, -0.05) is 11.6 Å². The summed E-state index contributed by atoms with van der Waals surface area (Å²) in [5.74, 6) is -0.900. The van der Waals surface area contributed by atoms with E-state index >= 15 is 0 Å². The van der Waals surface area contributed by atoms with Crippen molar-refractivity contribution in [2.45, 2.75) is 12.5 Å². The molecule has 19 heavy (non-hydrogen) atoms. The second-order valence-electron chi connectivity index (χ2n) is 4.18. The molecule has 2 aromatic rings. The van der Waals surface area contributed by atoms with Crippen molar-refractivity contribution in [3.05, 3.63) is 64.4 Å². The number of halogens is 3. The third kappa shape index (κ3) is 3.28. The molecule has 5 heteroatoms. The smallest absolute Gasteiger partial charge is 0.128 e. The summed E-state index contributed by atoms with van der Waals surface area (Å²) in [5.41, 5.74) is 1.12. The van der Waals surface area contributed by atoms with Gasteiger partial charge in [0.2, 0.25) is 0 Å². The van der Waals surface area contributed by atoms with Crippen molar-refractivity contribution < 1.29 is 8.78 Å². The van der Waals surface area contributed by atoms with Gasteiger partial charge in [-0.15, -0.1) is 0 Å². The Morgan fingerprint density at radius 1 is 1.32 bits per heavy atom. The molecule has 2 nitrogen and oxygen atoms in total. The third-order valence-electron chi connectivity index (χ3n) is 2.96. The van der Waals surface area contributed by atoms with E-state index in [9.17, 15) is 8.78 Å². The number of benzene rings is 1. The molecular formula is C14H13ClF2N2. The lowest BCUT2D eigenvalue weighted by molar-refractivity contribution is 0.523. The Bertz CT molecular complexity index is 575. The summed E-state index contributed by atoms with van der Waals surface area (Å²) in [4.78, 5) is 3.90. The number of likely N-dealkylation sites (N-methyl/N-ethyl adjacent to an activating group) is 1. The van der Waals surface area contributed by atoms with E-state index in [1.54, 1.807) is 19.3 Å². The fraction of sp³-hybridized carbons (Fsp3) is 0.214. The molecule has 0 aliphatic rings. The lowest BCUT2D eigenvalue weighted by Crippen LogP contribution is -2.20. The quantitative estimate of drug-likeness (QED) is 0.928. The number of nitrogens with one attached hydrogen (secondary N) is 1. The molecule has 0 aliphatic carbocycles. The van der Waals surface area contributed by atoms with Crippen molar-refractivity contribution >= 4 is 11.6 Å². The number of hydrogen-bond donors (Lipinski definition) is 1. The van der Waals surface area contributed by atoms with Gasteiger partial charge in [0.15, 0.2) is 0 Å². The Balaban J connectivity index is 2.30. The Morgan fingerprint density at radius 3 is 2.79 bits per heavy atom. The molecule has 0 saturated carbocycles. The lowest BCUT2D eigenvalue weighted by atomic mass is 9.99. The van der Waals surface area contributed by atoms with Crippen LogP contribution in [0.2, 0.25) is 5.02 Å². The molecule has 1 atom stereocenters. The molecule has 0 amide bonds. The minimum Gasteiger partial charge on any atom is -0.313 e. The van der Waals surface area contributed by atoms with Gasteiger partial charge >= 0.3 is 0 Å².